The molecule has 0 bridgehead atoms. The van der Waals surface area contributed by atoms with Gasteiger partial charge in [-0.3, -0.25) is 9.48 Å². The summed E-state index contributed by atoms with van der Waals surface area (Å²) in [4.78, 5) is 15.0. The molecule has 0 aliphatic carbocycles. The SMILES string of the molecule is CCN(CC)CCn1cc(NC(=O)c2cnn(-c3cccc(C(F)(F)F)c3)c2C)cn1. The van der Waals surface area contributed by atoms with Gasteiger partial charge in [-0.25, -0.2) is 4.68 Å². The lowest BCUT2D eigenvalue weighted by Crippen LogP contribution is -2.27. The molecular weight excluding hydrogens is 409 g/mol. The van der Waals surface area contributed by atoms with E-state index in [9.17, 15) is 18.0 Å². The molecule has 31 heavy (non-hydrogen) atoms. The van der Waals surface area contributed by atoms with Crippen molar-refractivity contribution in [1.29, 1.82) is 0 Å². The zero-order valence-corrected chi connectivity index (χ0v) is 17.6. The van der Waals surface area contributed by atoms with E-state index < -0.39 is 17.6 Å². The third-order valence-electron chi connectivity index (χ3n) is 5.10. The van der Waals surface area contributed by atoms with E-state index in [1.54, 1.807) is 24.0 Å². The van der Waals surface area contributed by atoms with E-state index in [4.69, 9.17) is 0 Å². The van der Waals surface area contributed by atoms with Crippen molar-refractivity contribution < 1.29 is 18.0 Å². The van der Waals surface area contributed by atoms with Gasteiger partial charge in [0.25, 0.3) is 5.91 Å². The summed E-state index contributed by atoms with van der Waals surface area (Å²) in [5.41, 5.74) is 0.702. The van der Waals surface area contributed by atoms with Crippen molar-refractivity contribution in [3.63, 3.8) is 0 Å². The summed E-state index contributed by atoms with van der Waals surface area (Å²) in [6.45, 7) is 9.29. The minimum Gasteiger partial charge on any atom is -0.319 e. The fourth-order valence-electron chi connectivity index (χ4n) is 3.24. The van der Waals surface area contributed by atoms with E-state index in [-0.39, 0.29) is 11.3 Å². The molecule has 1 N–H and O–H groups in total. The van der Waals surface area contributed by atoms with Crippen LogP contribution in [-0.2, 0) is 12.7 Å². The molecule has 0 radical (unpaired) electrons. The molecule has 0 aliphatic heterocycles. The van der Waals surface area contributed by atoms with E-state index in [0.29, 0.717) is 17.9 Å². The Kier molecular flexibility index (Phi) is 6.79. The van der Waals surface area contributed by atoms with Gasteiger partial charge in [-0.15, -0.1) is 0 Å². The lowest BCUT2D eigenvalue weighted by atomic mass is 10.2. The maximum atomic E-state index is 13.0. The number of halogens is 3. The van der Waals surface area contributed by atoms with E-state index in [2.05, 4.69) is 34.3 Å². The molecule has 2 heterocycles. The Bertz CT molecular complexity index is 1040. The molecular formula is C21H25F3N6O. The van der Waals surface area contributed by atoms with Crippen LogP contribution in [0.2, 0.25) is 0 Å². The largest absolute Gasteiger partial charge is 0.416 e. The van der Waals surface area contributed by atoms with Crippen LogP contribution in [0.15, 0.2) is 42.9 Å². The van der Waals surface area contributed by atoms with E-state index in [1.165, 1.54) is 23.0 Å². The highest BCUT2D eigenvalue weighted by molar-refractivity contribution is 6.04. The van der Waals surface area contributed by atoms with Gasteiger partial charge in [-0.2, -0.15) is 23.4 Å². The summed E-state index contributed by atoms with van der Waals surface area (Å²) in [7, 11) is 0. The lowest BCUT2D eigenvalue weighted by molar-refractivity contribution is -0.137. The maximum Gasteiger partial charge on any atom is 0.416 e. The molecule has 0 saturated heterocycles. The van der Waals surface area contributed by atoms with Crippen LogP contribution in [0.25, 0.3) is 5.69 Å². The van der Waals surface area contributed by atoms with Gasteiger partial charge in [-0.1, -0.05) is 19.9 Å². The molecule has 166 valence electrons. The van der Waals surface area contributed by atoms with Crippen LogP contribution in [-0.4, -0.2) is 50.0 Å². The van der Waals surface area contributed by atoms with E-state index >= 15 is 0 Å². The second-order valence-corrected chi connectivity index (χ2v) is 7.08. The van der Waals surface area contributed by atoms with Crippen LogP contribution in [0.4, 0.5) is 18.9 Å². The fraction of sp³-hybridized carbons (Fsp3) is 0.381. The van der Waals surface area contributed by atoms with E-state index in [1.807, 2.05) is 0 Å². The molecule has 0 atom stereocenters. The number of carbonyl (C=O) groups is 1. The van der Waals surface area contributed by atoms with Gasteiger partial charge < -0.3 is 10.2 Å². The second kappa shape index (κ2) is 9.34. The minimum absolute atomic E-state index is 0.232. The average molecular weight is 434 g/mol. The zero-order valence-electron chi connectivity index (χ0n) is 17.6. The van der Waals surface area contributed by atoms with Gasteiger partial charge >= 0.3 is 6.18 Å². The molecule has 0 fully saturated rings. The predicted octanol–water partition coefficient (Wildman–Crippen LogP) is 3.99. The number of benzene rings is 1. The quantitative estimate of drug-likeness (QED) is 0.582. The van der Waals surface area contributed by atoms with Crippen molar-refractivity contribution in [3.05, 3.63) is 59.7 Å². The summed E-state index contributed by atoms with van der Waals surface area (Å²) >= 11 is 0. The standard InChI is InChI=1S/C21H25F3N6O/c1-4-28(5-2)9-10-29-14-17(12-25-29)27-20(31)19-13-26-30(15(19)3)18-8-6-7-16(11-18)21(22,23)24/h6-8,11-14H,4-5,9-10H2,1-3H3,(H,27,31). The normalized spacial score (nSPS) is 11.8. The number of alkyl halides is 3. The number of nitrogens with one attached hydrogen (secondary N) is 1. The van der Waals surface area contributed by atoms with Crippen molar-refractivity contribution in [2.24, 2.45) is 0 Å². The number of likely N-dealkylation sites (N-methyl/N-ethyl adjacent to an activating group) is 1. The summed E-state index contributed by atoms with van der Waals surface area (Å²) in [5.74, 6) is -0.404. The molecule has 3 aromatic rings. The van der Waals surface area contributed by atoms with Crippen molar-refractivity contribution in [2.75, 3.05) is 25.0 Å². The van der Waals surface area contributed by atoms with Crippen molar-refractivity contribution in [2.45, 2.75) is 33.5 Å². The van der Waals surface area contributed by atoms with E-state index in [0.717, 1.165) is 31.8 Å². The van der Waals surface area contributed by atoms with Gasteiger partial charge in [-0.05, 0) is 38.2 Å². The monoisotopic (exact) mass is 434 g/mol. The highest BCUT2D eigenvalue weighted by atomic mass is 19.4. The topological polar surface area (TPSA) is 68.0 Å². The first-order valence-electron chi connectivity index (χ1n) is 10.0. The smallest absolute Gasteiger partial charge is 0.319 e. The first kappa shape index (κ1) is 22.5. The average Bonchev–Trinajstić information content (AvgIpc) is 3.34. The van der Waals surface area contributed by atoms with Crippen molar-refractivity contribution in [1.82, 2.24) is 24.5 Å². The van der Waals surface area contributed by atoms with Gasteiger partial charge in [0.2, 0.25) is 0 Å². The Morgan fingerprint density at radius 1 is 1.16 bits per heavy atom. The van der Waals surface area contributed by atoms with Crippen LogP contribution in [0.1, 0.15) is 35.5 Å². The molecule has 2 aromatic heterocycles. The second-order valence-electron chi connectivity index (χ2n) is 7.08. The van der Waals surface area contributed by atoms with Gasteiger partial charge in [0.05, 0.1) is 47.1 Å². The molecule has 0 aliphatic rings. The molecule has 10 heteroatoms. The van der Waals surface area contributed by atoms with Crippen LogP contribution in [0.3, 0.4) is 0 Å². The number of amides is 1. The molecule has 1 aromatic carbocycles. The number of anilines is 1. The van der Waals surface area contributed by atoms with Gasteiger partial charge in [0, 0.05) is 12.7 Å². The number of aromatic nitrogens is 4. The third-order valence-corrected chi connectivity index (χ3v) is 5.10. The summed E-state index contributed by atoms with van der Waals surface area (Å²) < 4.78 is 42.1. The summed E-state index contributed by atoms with van der Waals surface area (Å²) in [5, 5.41) is 11.1. The molecule has 7 nitrogen and oxygen atoms in total. The van der Waals surface area contributed by atoms with Crippen molar-refractivity contribution in [3.8, 4) is 5.69 Å². The first-order valence-corrected chi connectivity index (χ1v) is 10.0. The molecule has 0 saturated carbocycles. The summed E-state index contributed by atoms with van der Waals surface area (Å²) in [6.07, 6.45) is 0.194. The highest BCUT2D eigenvalue weighted by Gasteiger charge is 2.30. The minimum atomic E-state index is -4.46. The zero-order chi connectivity index (χ0) is 22.6. The number of hydrogen-bond donors (Lipinski definition) is 1. The predicted molar refractivity (Wildman–Crippen MR) is 111 cm³/mol. The Morgan fingerprint density at radius 3 is 2.58 bits per heavy atom. The Labute approximate surface area is 178 Å². The Balaban J connectivity index is 1.71. The lowest BCUT2D eigenvalue weighted by Gasteiger charge is -2.17. The number of nitrogens with zero attached hydrogens (tertiary/aromatic N) is 5. The highest BCUT2D eigenvalue weighted by Crippen LogP contribution is 2.30. The molecule has 0 unspecified atom stereocenters. The van der Waals surface area contributed by atoms with Gasteiger partial charge in [0.15, 0.2) is 0 Å². The molecule has 3 rings (SSSR count). The van der Waals surface area contributed by atoms with Crippen LogP contribution >= 0.6 is 0 Å². The van der Waals surface area contributed by atoms with Crippen LogP contribution in [0, 0.1) is 6.92 Å². The Morgan fingerprint density at radius 2 is 1.90 bits per heavy atom. The van der Waals surface area contributed by atoms with Crippen molar-refractivity contribution >= 4 is 11.6 Å². The number of hydrogen-bond acceptors (Lipinski definition) is 4. The molecule has 1 amide bonds. The third kappa shape index (κ3) is 5.32. The number of rotatable bonds is 8. The van der Waals surface area contributed by atoms with Crippen LogP contribution < -0.4 is 5.32 Å². The van der Waals surface area contributed by atoms with Gasteiger partial charge in [0.1, 0.15) is 0 Å². The van der Waals surface area contributed by atoms with Crippen LogP contribution in [0.5, 0.6) is 0 Å². The maximum absolute atomic E-state index is 13.0. The number of carbonyl (C=O) groups excluding carboxylic acids is 1. The first-order chi connectivity index (χ1) is 14.7. The summed E-state index contributed by atoms with van der Waals surface area (Å²) in [6, 6.07) is 4.82. The molecule has 0 spiro atoms. The Hall–Kier alpha value is -3.14. The fourth-order valence-corrected chi connectivity index (χ4v) is 3.24.